The lowest BCUT2D eigenvalue weighted by Crippen LogP contribution is -2.47. The molecule has 0 saturated carbocycles. The Morgan fingerprint density at radius 2 is 2.20 bits per heavy atom. The van der Waals surface area contributed by atoms with Gasteiger partial charge < -0.3 is 29.3 Å². The van der Waals surface area contributed by atoms with E-state index in [-0.39, 0.29) is 18.1 Å². The van der Waals surface area contributed by atoms with Gasteiger partial charge in [0.2, 0.25) is 5.89 Å². The molecule has 1 atom stereocenters. The summed E-state index contributed by atoms with van der Waals surface area (Å²) in [7, 11) is 3.32. The van der Waals surface area contributed by atoms with Crippen LogP contribution in [0.25, 0.3) is 0 Å². The molecule has 142 valence electrons. The molecule has 9 nitrogen and oxygen atoms in total. The molecular weight excluding hydrogens is 328 g/mol. The summed E-state index contributed by atoms with van der Waals surface area (Å²) >= 11 is 0. The highest BCUT2D eigenvalue weighted by Crippen LogP contribution is 2.30. The molecule has 0 unspecified atom stereocenters. The predicted octanol–water partition coefficient (Wildman–Crippen LogP) is 0.750. The van der Waals surface area contributed by atoms with Crippen LogP contribution in [0.15, 0.2) is 4.52 Å². The van der Waals surface area contributed by atoms with Crippen LogP contribution in [0.3, 0.4) is 0 Å². The normalized spacial score (nSPS) is 17.9. The molecule has 25 heavy (non-hydrogen) atoms. The molecule has 1 aliphatic rings. The van der Waals surface area contributed by atoms with Gasteiger partial charge in [0.05, 0.1) is 13.2 Å². The highest BCUT2D eigenvalue weighted by atomic mass is 16.5. The fourth-order valence-corrected chi connectivity index (χ4v) is 2.84. The number of ether oxygens (including phenoxy) is 2. The molecule has 1 aromatic rings. The number of carbonyl (C=O) groups is 1. The Hall–Kier alpha value is -1.71. The van der Waals surface area contributed by atoms with E-state index in [2.05, 4.69) is 15.5 Å². The molecular formula is C16H28N4O5. The average molecular weight is 356 g/mol. The number of carbonyl (C=O) groups excluding carboxylic acids is 1. The maximum Gasteiger partial charge on any atom is 0.317 e. The zero-order valence-corrected chi connectivity index (χ0v) is 15.2. The lowest BCUT2D eigenvalue weighted by Gasteiger charge is -2.38. The van der Waals surface area contributed by atoms with Crippen molar-refractivity contribution >= 4 is 6.03 Å². The highest BCUT2D eigenvalue weighted by molar-refractivity contribution is 5.74. The van der Waals surface area contributed by atoms with E-state index in [0.29, 0.717) is 44.5 Å². The van der Waals surface area contributed by atoms with Gasteiger partial charge in [0, 0.05) is 45.8 Å². The van der Waals surface area contributed by atoms with Crippen LogP contribution >= 0.6 is 0 Å². The largest absolute Gasteiger partial charge is 0.396 e. The van der Waals surface area contributed by atoms with Gasteiger partial charge in [0.25, 0.3) is 0 Å². The number of hydrogen-bond donors (Lipinski definition) is 2. The minimum Gasteiger partial charge on any atom is -0.396 e. The Labute approximate surface area is 147 Å². The summed E-state index contributed by atoms with van der Waals surface area (Å²) in [6.07, 6.45) is 2.04. The second-order valence-corrected chi connectivity index (χ2v) is 6.59. The molecule has 2 N–H and O–H groups in total. The van der Waals surface area contributed by atoms with Crippen LogP contribution in [-0.2, 0) is 15.9 Å². The minimum atomic E-state index is -0.404. The molecule has 1 saturated heterocycles. The van der Waals surface area contributed by atoms with Crippen molar-refractivity contribution in [2.24, 2.45) is 5.41 Å². The Balaban J connectivity index is 1.88. The zero-order chi connectivity index (χ0) is 18.3. The van der Waals surface area contributed by atoms with Crippen LogP contribution in [-0.4, -0.2) is 73.3 Å². The van der Waals surface area contributed by atoms with Gasteiger partial charge in [0.1, 0.15) is 6.04 Å². The van der Waals surface area contributed by atoms with E-state index in [1.165, 1.54) is 0 Å². The van der Waals surface area contributed by atoms with Crippen molar-refractivity contribution in [2.45, 2.75) is 32.2 Å². The second-order valence-electron chi connectivity index (χ2n) is 6.59. The molecule has 1 aromatic heterocycles. The van der Waals surface area contributed by atoms with Crippen molar-refractivity contribution in [3.8, 4) is 0 Å². The zero-order valence-electron chi connectivity index (χ0n) is 15.2. The molecule has 2 rings (SSSR count). The van der Waals surface area contributed by atoms with Crippen LogP contribution < -0.4 is 5.32 Å². The van der Waals surface area contributed by atoms with E-state index < -0.39 is 6.04 Å². The number of aromatic nitrogens is 2. The van der Waals surface area contributed by atoms with Crippen LogP contribution in [0.1, 0.15) is 37.5 Å². The van der Waals surface area contributed by atoms with Crippen molar-refractivity contribution in [1.29, 1.82) is 0 Å². The number of amides is 2. The maximum atomic E-state index is 12.4. The van der Waals surface area contributed by atoms with Gasteiger partial charge in [-0.2, -0.15) is 4.98 Å². The predicted molar refractivity (Wildman–Crippen MR) is 89.0 cm³/mol. The third-order valence-electron chi connectivity index (χ3n) is 4.53. The van der Waals surface area contributed by atoms with Gasteiger partial charge in [-0.1, -0.05) is 5.16 Å². The van der Waals surface area contributed by atoms with Gasteiger partial charge in [-0.3, -0.25) is 0 Å². The highest BCUT2D eigenvalue weighted by Gasteiger charge is 2.34. The van der Waals surface area contributed by atoms with Crippen molar-refractivity contribution in [2.75, 3.05) is 47.1 Å². The average Bonchev–Trinajstić information content (AvgIpc) is 3.09. The fraction of sp³-hybridized carbons (Fsp3) is 0.812. The molecule has 2 heterocycles. The molecule has 0 radical (unpaired) electrons. The number of aliphatic hydroxyl groups excluding tert-OH is 1. The number of nitrogens with one attached hydrogen (secondary N) is 1. The van der Waals surface area contributed by atoms with Crippen molar-refractivity contribution in [3.05, 3.63) is 11.7 Å². The quantitative estimate of drug-likeness (QED) is 0.707. The van der Waals surface area contributed by atoms with Gasteiger partial charge >= 0.3 is 6.03 Å². The molecule has 0 aliphatic carbocycles. The van der Waals surface area contributed by atoms with E-state index >= 15 is 0 Å². The van der Waals surface area contributed by atoms with Gasteiger partial charge in [-0.25, -0.2) is 4.79 Å². The van der Waals surface area contributed by atoms with Crippen molar-refractivity contribution in [1.82, 2.24) is 20.4 Å². The first-order chi connectivity index (χ1) is 12.0. The Morgan fingerprint density at radius 1 is 1.48 bits per heavy atom. The molecule has 0 aromatic carbocycles. The molecule has 0 spiro atoms. The maximum absolute atomic E-state index is 12.4. The van der Waals surface area contributed by atoms with E-state index in [1.54, 1.807) is 26.0 Å². The first-order valence-corrected chi connectivity index (χ1v) is 8.51. The number of nitrogens with zero attached hydrogens (tertiary/aromatic N) is 3. The Bertz CT molecular complexity index is 544. The van der Waals surface area contributed by atoms with Crippen molar-refractivity contribution in [3.63, 3.8) is 0 Å². The number of aliphatic hydroxyl groups is 1. The number of rotatable bonds is 8. The first-order valence-electron chi connectivity index (χ1n) is 8.51. The molecule has 0 bridgehead atoms. The topological polar surface area (TPSA) is 110 Å². The van der Waals surface area contributed by atoms with Crippen LogP contribution in [0.4, 0.5) is 4.79 Å². The third-order valence-corrected chi connectivity index (χ3v) is 4.53. The lowest BCUT2D eigenvalue weighted by atomic mass is 9.80. The summed E-state index contributed by atoms with van der Waals surface area (Å²) in [4.78, 5) is 18.3. The molecule has 1 aliphatic heterocycles. The summed E-state index contributed by atoms with van der Waals surface area (Å²) in [5.41, 5.74) is -0.300. The van der Waals surface area contributed by atoms with Crippen LogP contribution in [0.5, 0.6) is 0 Å². The first kappa shape index (κ1) is 19.6. The SMILES string of the molecule is COCCc1noc([C@@H](C)NC(=O)N(C)CC2(CO)CCOCC2)n1. The minimum absolute atomic E-state index is 0.0378. The summed E-state index contributed by atoms with van der Waals surface area (Å²) in [5, 5.41) is 16.5. The lowest BCUT2D eigenvalue weighted by molar-refractivity contribution is -0.0262. The Morgan fingerprint density at radius 3 is 2.84 bits per heavy atom. The summed E-state index contributed by atoms with van der Waals surface area (Å²) in [5.74, 6) is 0.906. The van der Waals surface area contributed by atoms with E-state index in [9.17, 15) is 9.90 Å². The second kappa shape index (κ2) is 9.12. The number of methoxy groups -OCH3 is 1. The fourth-order valence-electron chi connectivity index (χ4n) is 2.84. The van der Waals surface area contributed by atoms with Crippen LogP contribution in [0.2, 0.25) is 0 Å². The van der Waals surface area contributed by atoms with E-state index in [4.69, 9.17) is 14.0 Å². The third kappa shape index (κ3) is 5.38. The smallest absolute Gasteiger partial charge is 0.317 e. The standard InChI is InChI=1S/C16H28N4O5/c1-12(14-18-13(19-25-14)4-7-23-3)17-15(22)20(2)10-16(11-21)5-8-24-9-6-16/h12,21H,4-11H2,1-3H3,(H,17,22)/t12-/m1/s1. The molecule has 2 amide bonds. The van der Waals surface area contributed by atoms with E-state index in [1.807, 2.05) is 0 Å². The summed E-state index contributed by atoms with van der Waals surface area (Å²) < 4.78 is 15.5. The van der Waals surface area contributed by atoms with Crippen molar-refractivity contribution < 1.29 is 23.9 Å². The van der Waals surface area contributed by atoms with E-state index in [0.717, 1.165) is 12.8 Å². The Kier molecular flexibility index (Phi) is 7.15. The molecule has 1 fully saturated rings. The monoisotopic (exact) mass is 356 g/mol. The molecule has 9 heteroatoms. The van der Waals surface area contributed by atoms with Gasteiger partial charge in [-0.15, -0.1) is 0 Å². The number of hydrogen-bond acceptors (Lipinski definition) is 7. The van der Waals surface area contributed by atoms with Gasteiger partial charge in [0.15, 0.2) is 5.82 Å². The summed E-state index contributed by atoms with van der Waals surface area (Å²) in [6.45, 7) is 4.02. The van der Waals surface area contributed by atoms with Crippen LogP contribution in [0, 0.1) is 5.41 Å². The summed E-state index contributed by atoms with van der Waals surface area (Å²) in [6, 6.07) is -0.651. The van der Waals surface area contributed by atoms with Gasteiger partial charge in [-0.05, 0) is 19.8 Å². The number of urea groups is 1.